The van der Waals surface area contributed by atoms with E-state index in [9.17, 15) is 0 Å². The second-order valence-corrected chi connectivity index (χ2v) is 4.16. The second kappa shape index (κ2) is 4.53. The maximum absolute atomic E-state index is 5.73. The molecular formula is C12H19NO2. The monoisotopic (exact) mass is 209 g/mol. The Kier molecular flexibility index (Phi) is 3.58. The van der Waals surface area contributed by atoms with E-state index >= 15 is 0 Å². The minimum atomic E-state index is -0.0421. The van der Waals surface area contributed by atoms with E-state index in [4.69, 9.17) is 15.2 Å². The molecule has 0 aliphatic heterocycles. The van der Waals surface area contributed by atoms with Crippen LogP contribution in [-0.4, -0.2) is 20.8 Å². The number of ether oxygens (including phenoxy) is 2. The highest BCUT2D eigenvalue weighted by Crippen LogP contribution is 2.32. The molecule has 0 aliphatic rings. The fraction of sp³-hybridized carbons (Fsp3) is 0.500. The highest BCUT2D eigenvalue weighted by atomic mass is 16.5. The summed E-state index contributed by atoms with van der Waals surface area (Å²) in [6, 6.07) is 5.91. The Bertz CT molecular complexity index is 334. The summed E-state index contributed by atoms with van der Waals surface area (Å²) in [5.74, 6) is 1.49. The van der Waals surface area contributed by atoms with Gasteiger partial charge in [-0.2, -0.15) is 0 Å². The number of nitrogens with two attached hydrogens (primary N) is 1. The molecule has 1 aromatic rings. The van der Waals surface area contributed by atoms with Crippen molar-refractivity contribution in [1.29, 1.82) is 0 Å². The summed E-state index contributed by atoms with van der Waals surface area (Å²) < 4.78 is 10.4. The molecular weight excluding hydrogens is 190 g/mol. The van der Waals surface area contributed by atoms with Crippen molar-refractivity contribution in [3.05, 3.63) is 23.8 Å². The van der Waals surface area contributed by atoms with E-state index in [0.29, 0.717) is 6.54 Å². The Balaban J connectivity index is 3.13. The smallest absolute Gasteiger partial charge is 0.161 e. The van der Waals surface area contributed by atoms with Crippen LogP contribution in [0.15, 0.2) is 18.2 Å². The third-order valence-electron chi connectivity index (χ3n) is 2.68. The first-order valence-electron chi connectivity index (χ1n) is 4.97. The molecule has 0 bridgehead atoms. The summed E-state index contributed by atoms with van der Waals surface area (Å²) in [7, 11) is 3.27. The number of hydrogen-bond acceptors (Lipinski definition) is 3. The van der Waals surface area contributed by atoms with E-state index in [-0.39, 0.29) is 5.41 Å². The molecule has 0 radical (unpaired) electrons. The molecule has 0 heterocycles. The lowest BCUT2D eigenvalue weighted by atomic mass is 9.85. The minimum Gasteiger partial charge on any atom is -0.493 e. The first kappa shape index (κ1) is 11.9. The minimum absolute atomic E-state index is 0.0421. The number of rotatable bonds is 4. The van der Waals surface area contributed by atoms with Crippen molar-refractivity contribution in [3.63, 3.8) is 0 Å². The van der Waals surface area contributed by atoms with Crippen molar-refractivity contribution < 1.29 is 9.47 Å². The predicted molar refractivity (Wildman–Crippen MR) is 61.6 cm³/mol. The Morgan fingerprint density at radius 3 is 2.20 bits per heavy atom. The molecule has 1 rings (SSSR count). The van der Waals surface area contributed by atoms with E-state index in [1.807, 2.05) is 18.2 Å². The molecule has 15 heavy (non-hydrogen) atoms. The Labute approximate surface area is 91.2 Å². The Morgan fingerprint density at radius 1 is 1.13 bits per heavy atom. The molecule has 3 heteroatoms. The van der Waals surface area contributed by atoms with Gasteiger partial charge in [0.1, 0.15) is 0 Å². The lowest BCUT2D eigenvalue weighted by molar-refractivity contribution is 0.353. The van der Waals surface area contributed by atoms with Crippen molar-refractivity contribution in [2.45, 2.75) is 19.3 Å². The van der Waals surface area contributed by atoms with Crippen molar-refractivity contribution in [2.24, 2.45) is 5.73 Å². The van der Waals surface area contributed by atoms with E-state index in [2.05, 4.69) is 13.8 Å². The van der Waals surface area contributed by atoms with Crippen LogP contribution >= 0.6 is 0 Å². The zero-order valence-corrected chi connectivity index (χ0v) is 9.83. The lowest BCUT2D eigenvalue weighted by Gasteiger charge is -2.24. The van der Waals surface area contributed by atoms with Crippen LogP contribution in [0.2, 0.25) is 0 Å². The average molecular weight is 209 g/mol. The van der Waals surface area contributed by atoms with Crippen LogP contribution in [0, 0.1) is 0 Å². The second-order valence-electron chi connectivity index (χ2n) is 4.16. The van der Waals surface area contributed by atoms with Crippen LogP contribution < -0.4 is 15.2 Å². The van der Waals surface area contributed by atoms with E-state index in [0.717, 1.165) is 17.1 Å². The van der Waals surface area contributed by atoms with Crippen LogP contribution in [0.1, 0.15) is 19.4 Å². The van der Waals surface area contributed by atoms with Gasteiger partial charge in [-0.05, 0) is 17.7 Å². The zero-order valence-electron chi connectivity index (χ0n) is 9.83. The fourth-order valence-corrected chi connectivity index (χ4v) is 1.38. The van der Waals surface area contributed by atoms with Gasteiger partial charge in [0.15, 0.2) is 11.5 Å². The molecule has 0 unspecified atom stereocenters. The Morgan fingerprint density at radius 2 is 1.73 bits per heavy atom. The highest BCUT2D eigenvalue weighted by molar-refractivity contribution is 5.44. The third kappa shape index (κ3) is 2.42. The van der Waals surface area contributed by atoms with Crippen LogP contribution in [0.3, 0.4) is 0 Å². The molecule has 2 N–H and O–H groups in total. The molecule has 0 saturated carbocycles. The number of hydrogen-bond donors (Lipinski definition) is 1. The SMILES string of the molecule is COc1ccc(C(C)(C)CN)cc1OC. The standard InChI is InChI=1S/C12H19NO2/c1-12(2,8-13)9-5-6-10(14-3)11(7-9)15-4/h5-7H,8,13H2,1-4H3. The van der Waals surface area contributed by atoms with E-state index in [1.165, 1.54) is 0 Å². The molecule has 1 aromatic carbocycles. The molecule has 0 atom stereocenters. The fourth-order valence-electron chi connectivity index (χ4n) is 1.38. The molecule has 0 fully saturated rings. The van der Waals surface area contributed by atoms with Gasteiger partial charge in [-0.3, -0.25) is 0 Å². The van der Waals surface area contributed by atoms with Gasteiger partial charge in [0.25, 0.3) is 0 Å². The largest absolute Gasteiger partial charge is 0.493 e. The predicted octanol–water partition coefficient (Wildman–Crippen LogP) is 1.94. The van der Waals surface area contributed by atoms with Crippen LogP contribution in [-0.2, 0) is 5.41 Å². The van der Waals surface area contributed by atoms with Gasteiger partial charge in [0.2, 0.25) is 0 Å². The van der Waals surface area contributed by atoms with Gasteiger partial charge < -0.3 is 15.2 Å². The maximum Gasteiger partial charge on any atom is 0.161 e. The van der Waals surface area contributed by atoms with Gasteiger partial charge in [-0.15, -0.1) is 0 Å². The zero-order chi connectivity index (χ0) is 11.5. The summed E-state index contributed by atoms with van der Waals surface area (Å²) in [5, 5.41) is 0. The third-order valence-corrected chi connectivity index (χ3v) is 2.68. The number of methoxy groups -OCH3 is 2. The molecule has 0 saturated heterocycles. The van der Waals surface area contributed by atoms with Gasteiger partial charge >= 0.3 is 0 Å². The molecule has 0 aliphatic carbocycles. The molecule has 3 nitrogen and oxygen atoms in total. The van der Waals surface area contributed by atoms with E-state index < -0.39 is 0 Å². The van der Waals surface area contributed by atoms with Crippen LogP contribution in [0.4, 0.5) is 0 Å². The number of benzene rings is 1. The first-order chi connectivity index (χ1) is 7.05. The molecule has 0 amide bonds. The first-order valence-corrected chi connectivity index (χ1v) is 4.97. The lowest BCUT2D eigenvalue weighted by Crippen LogP contribution is -2.28. The van der Waals surface area contributed by atoms with Gasteiger partial charge in [0, 0.05) is 12.0 Å². The van der Waals surface area contributed by atoms with Crippen molar-refractivity contribution in [3.8, 4) is 11.5 Å². The molecule has 84 valence electrons. The summed E-state index contributed by atoms with van der Waals surface area (Å²) in [6.45, 7) is 4.81. The van der Waals surface area contributed by atoms with Gasteiger partial charge in [-0.25, -0.2) is 0 Å². The quantitative estimate of drug-likeness (QED) is 0.824. The average Bonchev–Trinajstić information content (AvgIpc) is 2.28. The topological polar surface area (TPSA) is 44.5 Å². The summed E-state index contributed by atoms with van der Waals surface area (Å²) in [6.07, 6.45) is 0. The Hall–Kier alpha value is -1.22. The van der Waals surface area contributed by atoms with Crippen LogP contribution in [0.25, 0.3) is 0 Å². The van der Waals surface area contributed by atoms with E-state index in [1.54, 1.807) is 14.2 Å². The normalized spacial score (nSPS) is 11.3. The molecule has 0 aromatic heterocycles. The van der Waals surface area contributed by atoms with Crippen LogP contribution in [0.5, 0.6) is 11.5 Å². The van der Waals surface area contributed by atoms with Gasteiger partial charge in [-0.1, -0.05) is 19.9 Å². The maximum atomic E-state index is 5.73. The van der Waals surface area contributed by atoms with Crippen molar-refractivity contribution >= 4 is 0 Å². The summed E-state index contributed by atoms with van der Waals surface area (Å²) in [5.41, 5.74) is 6.84. The van der Waals surface area contributed by atoms with Crippen molar-refractivity contribution in [1.82, 2.24) is 0 Å². The van der Waals surface area contributed by atoms with Crippen molar-refractivity contribution in [2.75, 3.05) is 20.8 Å². The summed E-state index contributed by atoms with van der Waals surface area (Å²) in [4.78, 5) is 0. The highest BCUT2D eigenvalue weighted by Gasteiger charge is 2.20. The summed E-state index contributed by atoms with van der Waals surface area (Å²) >= 11 is 0. The van der Waals surface area contributed by atoms with Gasteiger partial charge in [0.05, 0.1) is 14.2 Å². The molecule has 0 spiro atoms.